The lowest BCUT2D eigenvalue weighted by Gasteiger charge is -2.00. The third-order valence-corrected chi connectivity index (χ3v) is 0.646. The van der Waals surface area contributed by atoms with Crippen molar-refractivity contribution in [3.63, 3.8) is 0 Å². The molecule has 0 fully saturated rings. The molecule has 0 rings (SSSR count). The van der Waals surface area contributed by atoms with E-state index in [4.69, 9.17) is 6.48 Å². The Kier molecular flexibility index (Phi) is 1.91. The molecule has 0 aromatic rings. The van der Waals surface area contributed by atoms with Gasteiger partial charge in [-0.3, -0.25) is 9.59 Å². The number of carboxylic acid groups (broad SMARTS) is 1. The maximum atomic E-state index is 9.94. The molecule has 0 unspecified atom stereocenters. The van der Waals surface area contributed by atoms with Crippen molar-refractivity contribution in [2.45, 2.75) is 13.0 Å². The number of nitrogens with one attached hydrogen (secondary N) is 1. The van der Waals surface area contributed by atoms with Crippen LogP contribution in [0.15, 0.2) is 0 Å². The molecule has 0 heterocycles. The number of aliphatic carboxylic acids is 1. The van der Waals surface area contributed by atoms with Gasteiger partial charge in [-0.2, -0.15) is 0 Å². The lowest BCUT2D eigenvalue weighted by Crippen LogP contribution is -2.32. The molecule has 0 radical (unpaired) electrons. The predicted octanol–water partition coefficient (Wildman–Crippen LogP) is -0.795. The van der Waals surface area contributed by atoms with Gasteiger partial charge in [0.15, 0.2) is 0 Å². The van der Waals surface area contributed by atoms with Crippen molar-refractivity contribution in [2.24, 2.45) is 0 Å². The predicted molar refractivity (Wildman–Crippen MR) is 26.3 cm³/mol. The average molecular weight is 118 g/mol. The lowest BCUT2D eigenvalue weighted by molar-refractivity contribution is -0.140. The van der Waals surface area contributed by atoms with Crippen LogP contribution >= 0.6 is 0 Å². The molecule has 0 aromatic carbocycles. The Balaban J connectivity index is 3.63. The van der Waals surface area contributed by atoms with Gasteiger partial charge in [0, 0.05) is 0 Å². The first-order valence-electron chi connectivity index (χ1n) is 2.54. The molecular weight excluding hydrogens is 110 g/mol. The number of carboxylic acids is 1. The number of amides is 1. The Bertz CT molecular complexity index is 136. The Morgan fingerprint density at radius 3 is 2.75 bits per heavy atom. The highest BCUT2D eigenvalue weighted by atomic mass is 16.4. The molecule has 0 spiro atoms. The van der Waals surface area contributed by atoms with Gasteiger partial charge >= 0.3 is 5.97 Å². The summed E-state index contributed by atoms with van der Waals surface area (Å²) in [5.41, 5.74) is 0. The van der Waals surface area contributed by atoms with E-state index in [-0.39, 0.29) is 0 Å². The van der Waals surface area contributed by atoms with Gasteiger partial charge in [-0.25, -0.2) is 0 Å². The summed E-state index contributed by atoms with van der Waals surface area (Å²) >= 11 is 0. The summed E-state index contributed by atoms with van der Waals surface area (Å²) in [4.78, 5) is 19.8. The quantitative estimate of drug-likeness (QED) is 0.467. The summed E-state index contributed by atoms with van der Waals surface area (Å²) in [7, 11) is 0. The Hall–Kier alpha value is -1.06. The fourth-order valence-electron chi connectivity index (χ4n) is 0.150. The maximum Gasteiger partial charge on any atom is 0.325 e. The zero-order chi connectivity index (χ0) is 7.44. The Morgan fingerprint density at radius 1 is 2.12 bits per heavy atom. The van der Waals surface area contributed by atoms with Gasteiger partial charge in [-0.15, -0.1) is 0 Å². The van der Waals surface area contributed by atoms with Crippen molar-refractivity contribution in [1.82, 2.24) is 5.32 Å². The van der Waals surface area contributed by atoms with Crippen LogP contribution < -0.4 is 5.32 Å². The summed E-state index contributed by atoms with van der Waals surface area (Å²) in [5.74, 6) is -1.14. The second kappa shape index (κ2) is 3.01. The molecule has 4 nitrogen and oxygen atoms in total. The zero-order valence-electron chi connectivity index (χ0n) is 5.34. The monoisotopic (exact) mass is 118 g/mol. The molecule has 0 bridgehead atoms. The molecule has 1 atom stereocenters. The van der Waals surface area contributed by atoms with Crippen molar-refractivity contribution in [3.8, 4) is 0 Å². The van der Waals surface area contributed by atoms with Crippen molar-refractivity contribution in [1.29, 1.82) is 0 Å². The van der Waals surface area contributed by atoms with Crippen LogP contribution in [0.25, 0.3) is 0 Å². The van der Waals surface area contributed by atoms with Crippen LogP contribution in [0.3, 0.4) is 0 Å². The number of carbonyl (C=O) groups excluding carboxylic acids is 1. The first-order valence-corrected chi connectivity index (χ1v) is 2.04. The van der Waals surface area contributed by atoms with E-state index in [2.05, 4.69) is 0 Å². The van der Waals surface area contributed by atoms with E-state index in [1.807, 2.05) is 5.32 Å². The summed E-state index contributed by atoms with van der Waals surface area (Å²) in [5, 5.41) is 10.0. The van der Waals surface area contributed by atoms with Gasteiger partial charge in [0.05, 0.1) is 0 Å². The molecule has 0 aliphatic carbocycles. The van der Waals surface area contributed by atoms with E-state index in [0.29, 0.717) is 0 Å². The highest BCUT2D eigenvalue weighted by Crippen LogP contribution is 1.75. The van der Waals surface area contributed by atoms with Gasteiger partial charge in [0.1, 0.15) is 7.41 Å². The minimum atomic E-state index is -1.14. The van der Waals surface area contributed by atoms with Crippen LogP contribution in [0.2, 0.25) is 0 Å². The molecule has 1 amide bonds. The van der Waals surface area contributed by atoms with Crippen molar-refractivity contribution >= 4 is 12.4 Å². The van der Waals surface area contributed by atoms with Gasteiger partial charge in [0.2, 0.25) is 6.39 Å². The highest BCUT2D eigenvalue weighted by Gasteiger charge is 2.06. The second-order valence-electron chi connectivity index (χ2n) is 1.31. The number of hydrogen-bond donors (Lipinski definition) is 2. The third kappa shape index (κ3) is 2.17. The molecular formula is C4H7NO3. The first-order chi connectivity index (χ1) is 4.04. The van der Waals surface area contributed by atoms with Crippen molar-refractivity contribution in [2.75, 3.05) is 0 Å². The van der Waals surface area contributed by atoms with Crippen molar-refractivity contribution in [3.05, 3.63) is 0 Å². The SMILES string of the molecule is [2H]C(=O)N[C@@H](C)C(=O)O. The Morgan fingerprint density at radius 2 is 2.62 bits per heavy atom. The van der Waals surface area contributed by atoms with Gasteiger partial charge < -0.3 is 10.4 Å². The second-order valence-corrected chi connectivity index (χ2v) is 1.31. The Labute approximate surface area is 47.9 Å². The fourth-order valence-corrected chi connectivity index (χ4v) is 0.150. The normalized spacial score (nSPS) is 13.9. The average Bonchev–Trinajstić information content (AvgIpc) is 1.63. The van der Waals surface area contributed by atoms with Crippen LogP contribution in [0.4, 0.5) is 0 Å². The van der Waals surface area contributed by atoms with Gasteiger partial charge in [0.25, 0.3) is 0 Å². The highest BCUT2D eigenvalue weighted by molar-refractivity contribution is 5.75. The number of rotatable bonds is 2. The molecule has 46 valence electrons. The molecule has 0 aliphatic rings. The number of hydrogen-bond acceptors (Lipinski definition) is 2. The summed E-state index contributed by atoms with van der Waals surface area (Å²) < 4.78 is 6.29. The van der Waals surface area contributed by atoms with E-state index in [9.17, 15) is 9.59 Å². The molecule has 8 heavy (non-hydrogen) atoms. The number of carbonyl (C=O) groups is 2. The van der Waals surface area contributed by atoms with Gasteiger partial charge in [-0.05, 0) is 6.92 Å². The summed E-state index contributed by atoms with van der Waals surface area (Å²) in [6.07, 6.45) is -1.08. The topological polar surface area (TPSA) is 66.4 Å². The minimum absolute atomic E-state index is 0.977. The standard InChI is InChI=1S/C4H7NO3/c1-3(4(7)8)5-2-6/h2-3H,1H3,(H,5,6)(H,7,8)/t3-/m0/s1/i2D. The summed E-state index contributed by atoms with van der Waals surface area (Å²) in [6.45, 7) is 1.29. The van der Waals surface area contributed by atoms with E-state index in [1.165, 1.54) is 6.92 Å². The molecule has 4 heteroatoms. The zero-order valence-corrected chi connectivity index (χ0v) is 4.34. The molecule has 0 aromatic heterocycles. The van der Waals surface area contributed by atoms with E-state index < -0.39 is 18.4 Å². The van der Waals surface area contributed by atoms with E-state index in [1.54, 1.807) is 0 Å². The molecule has 2 N–H and O–H groups in total. The van der Waals surface area contributed by atoms with Crippen LogP contribution in [0.5, 0.6) is 0 Å². The smallest absolute Gasteiger partial charge is 0.325 e. The van der Waals surface area contributed by atoms with Crippen LogP contribution in [-0.2, 0) is 9.59 Å². The van der Waals surface area contributed by atoms with Gasteiger partial charge in [-0.1, -0.05) is 0 Å². The van der Waals surface area contributed by atoms with Crippen LogP contribution in [0.1, 0.15) is 8.29 Å². The first kappa shape index (κ1) is 5.08. The van der Waals surface area contributed by atoms with Crippen LogP contribution in [0, 0.1) is 0 Å². The van der Waals surface area contributed by atoms with Crippen LogP contribution in [-0.4, -0.2) is 23.5 Å². The molecule has 0 saturated carbocycles. The minimum Gasteiger partial charge on any atom is -0.480 e. The van der Waals surface area contributed by atoms with Crippen molar-refractivity contribution < 1.29 is 16.1 Å². The summed E-state index contributed by atoms with van der Waals surface area (Å²) in [6, 6.07) is -0.977. The molecule has 0 aliphatic heterocycles. The van der Waals surface area contributed by atoms with E-state index in [0.717, 1.165) is 0 Å². The largest absolute Gasteiger partial charge is 0.480 e. The molecule has 0 saturated heterocycles. The fraction of sp³-hybridized carbons (Fsp3) is 0.500. The lowest BCUT2D eigenvalue weighted by atomic mass is 10.4. The van der Waals surface area contributed by atoms with E-state index >= 15 is 0 Å². The third-order valence-electron chi connectivity index (χ3n) is 0.646. The maximum absolute atomic E-state index is 9.94.